The molecule has 490 valence electrons. The minimum atomic E-state index is -0.662. The molecule has 0 aromatic carbocycles. The molecule has 0 aliphatic rings. The normalized spacial score (nSPS) is 12.7. The van der Waals surface area contributed by atoms with E-state index in [9.17, 15) is 19.8 Å². The van der Waals surface area contributed by atoms with Crippen molar-refractivity contribution in [2.24, 2.45) is 0 Å². The lowest BCUT2D eigenvalue weighted by Crippen LogP contribution is -2.45. The Kier molecular flexibility index (Phi) is 70.9. The number of ether oxygens (including phenoxy) is 1. The molecule has 0 spiro atoms. The van der Waals surface area contributed by atoms with Crippen molar-refractivity contribution in [1.29, 1.82) is 0 Å². The summed E-state index contributed by atoms with van der Waals surface area (Å²) in [7, 11) is 0. The first-order valence-corrected chi connectivity index (χ1v) is 37.7. The molecule has 0 aromatic heterocycles. The summed E-state index contributed by atoms with van der Waals surface area (Å²) in [6, 6.07) is -0.539. The van der Waals surface area contributed by atoms with Crippen molar-refractivity contribution < 1.29 is 24.5 Å². The lowest BCUT2D eigenvalue weighted by atomic mass is 10.0. The highest BCUT2D eigenvalue weighted by Crippen LogP contribution is 2.19. The summed E-state index contributed by atoms with van der Waals surface area (Å²) >= 11 is 0. The Morgan fingerprint density at radius 1 is 0.337 bits per heavy atom. The molecule has 2 unspecified atom stereocenters. The predicted molar refractivity (Wildman–Crippen MR) is 366 cm³/mol. The summed E-state index contributed by atoms with van der Waals surface area (Å²) in [6.07, 6.45) is 93.7. The second-order valence-electron chi connectivity index (χ2n) is 26.0. The number of carbonyl (C=O) groups is 2. The Hall–Kier alpha value is -1.92. The summed E-state index contributed by atoms with van der Waals surface area (Å²) in [4.78, 5) is 24.6. The molecule has 0 saturated carbocycles. The van der Waals surface area contributed by atoms with Crippen LogP contribution in [-0.4, -0.2) is 47.4 Å². The molecule has 0 fully saturated rings. The van der Waals surface area contributed by atoms with Crippen LogP contribution in [0.4, 0.5) is 0 Å². The highest BCUT2D eigenvalue weighted by molar-refractivity contribution is 5.76. The zero-order valence-electron chi connectivity index (χ0n) is 56.2. The van der Waals surface area contributed by atoms with Gasteiger partial charge < -0.3 is 20.3 Å². The predicted octanol–water partition coefficient (Wildman–Crippen LogP) is 24.7. The SMILES string of the molecule is CCCCCCCCC/C=C\CCCCCCCC(=O)OCCCCCCCCCCCCCCC/C=C\C/C=C\CCCCCCCCCCCCCCCCCCCC(=O)NC(CO)C(O)CCCCCCCCCCCCCCC. The molecule has 0 saturated heterocycles. The van der Waals surface area contributed by atoms with Crippen LogP contribution < -0.4 is 5.32 Å². The summed E-state index contributed by atoms with van der Waals surface area (Å²) in [5.41, 5.74) is 0. The number of unbranched alkanes of at least 4 members (excludes halogenated alkanes) is 54. The molecule has 1 amide bonds. The van der Waals surface area contributed by atoms with Crippen LogP contribution in [0.3, 0.4) is 0 Å². The van der Waals surface area contributed by atoms with Gasteiger partial charge in [-0.2, -0.15) is 0 Å². The van der Waals surface area contributed by atoms with Crippen molar-refractivity contribution >= 4 is 11.9 Å². The van der Waals surface area contributed by atoms with Gasteiger partial charge in [-0.25, -0.2) is 0 Å². The van der Waals surface area contributed by atoms with Gasteiger partial charge in [0.2, 0.25) is 5.91 Å². The number of carbonyl (C=O) groups excluding carboxylic acids is 2. The Morgan fingerprint density at radius 2 is 0.602 bits per heavy atom. The third-order valence-corrected chi connectivity index (χ3v) is 17.7. The van der Waals surface area contributed by atoms with Gasteiger partial charge in [0.25, 0.3) is 0 Å². The number of allylic oxidation sites excluding steroid dienone is 6. The van der Waals surface area contributed by atoms with Gasteiger partial charge in [0.1, 0.15) is 0 Å². The fraction of sp³-hybridized carbons (Fsp3) is 0.896. The van der Waals surface area contributed by atoms with Crippen LogP contribution in [0.5, 0.6) is 0 Å². The maximum absolute atomic E-state index is 12.5. The Labute approximate surface area is 519 Å². The van der Waals surface area contributed by atoms with Crippen LogP contribution >= 0.6 is 0 Å². The van der Waals surface area contributed by atoms with E-state index in [0.717, 1.165) is 51.4 Å². The molecule has 0 radical (unpaired) electrons. The molecule has 0 aliphatic heterocycles. The number of nitrogens with one attached hydrogen (secondary N) is 1. The minimum absolute atomic E-state index is 0.0119. The number of aliphatic hydroxyl groups excluding tert-OH is 2. The number of esters is 1. The van der Waals surface area contributed by atoms with E-state index in [1.165, 1.54) is 334 Å². The highest BCUT2D eigenvalue weighted by Gasteiger charge is 2.20. The number of hydrogen-bond acceptors (Lipinski definition) is 5. The van der Waals surface area contributed by atoms with E-state index in [4.69, 9.17) is 4.74 Å². The van der Waals surface area contributed by atoms with E-state index in [0.29, 0.717) is 25.9 Å². The van der Waals surface area contributed by atoms with Gasteiger partial charge in [-0.3, -0.25) is 9.59 Å². The zero-order chi connectivity index (χ0) is 59.9. The Balaban J connectivity index is 3.35. The number of hydrogen-bond donors (Lipinski definition) is 3. The van der Waals surface area contributed by atoms with Crippen LogP contribution in [0.25, 0.3) is 0 Å². The summed E-state index contributed by atoms with van der Waals surface area (Å²) in [5.74, 6) is -0.0184. The molecule has 2 atom stereocenters. The van der Waals surface area contributed by atoms with Crippen LogP contribution in [0.1, 0.15) is 418 Å². The zero-order valence-corrected chi connectivity index (χ0v) is 56.2. The maximum Gasteiger partial charge on any atom is 0.305 e. The van der Waals surface area contributed by atoms with Crippen molar-refractivity contribution in [1.82, 2.24) is 5.32 Å². The fourth-order valence-corrected chi connectivity index (χ4v) is 11.9. The van der Waals surface area contributed by atoms with E-state index < -0.39 is 12.1 Å². The third-order valence-electron chi connectivity index (χ3n) is 17.7. The average Bonchev–Trinajstić information content (AvgIpc) is 3.49. The number of rotatable bonds is 71. The first-order chi connectivity index (χ1) is 41.0. The number of aliphatic hydroxyl groups is 2. The molecule has 3 N–H and O–H groups in total. The second kappa shape index (κ2) is 72.6. The molecule has 0 rings (SSSR count). The van der Waals surface area contributed by atoms with Crippen molar-refractivity contribution in [3.63, 3.8) is 0 Å². The molecule has 0 aliphatic carbocycles. The van der Waals surface area contributed by atoms with Gasteiger partial charge in [-0.05, 0) is 83.5 Å². The van der Waals surface area contributed by atoms with Crippen LogP contribution in [0.15, 0.2) is 36.5 Å². The van der Waals surface area contributed by atoms with Gasteiger partial charge >= 0.3 is 5.97 Å². The number of amides is 1. The molecule has 0 aromatic rings. The fourth-order valence-electron chi connectivity index (χ4n) is 11.9. The Morgan fingerprint density at radius 3 is 0.928 bits per heavy atom. The highest BCUT2D eigenvalue weighted by atomic mass is 16.5. The molecular formula is C77H147NO5. The van der Waals surface area contributed by atoms with Crippen LogP contribution in [0.2, 0.25) is 0 Å². The van der Waals surface area contributed by atoms with Crippen molar-refractivity contribution in [2.75, 3.05) is 13.2 Å². The molecule has 0 bridgehead atoms. The van der Waals surface area contributed by atoms with Gasteiger partial charge in [-0.1, -0.05) is 359 Å². The van der Waals surface area contributed by atoms with E-state index in [2.05, 4.69) is 55.6 Å². The monoisotopic (exact) mass is 1170 g/mol. The van der Waals surface area contributed by atoms with Crippen molar-refractivity contribution in [3.05, 3.63) is 36.5 Å². The second-order valence-corrected chi connectivity index (χ2v) is 26.0. The first kappa shape index (κ1) is 81.1. The van der Waals surface area contributed by atoms with Crippen molar-refractivity contribution in [3.8, 4) is 0 Å². The third kappa shape index (κ3) is 69.1. The molecule has 6 nitrogen and oxygen atoms in total. The summed E-state index contributed by atoms with van der Waals surface area (Å²) in [6.45, 7) is 4.98. The smallest absolute Gasteiger partial charge is 0.305 e. The van der Waals surface area contributed by atoms with Gasteiger partial charge in [0, 0.05) is 12.8 Å². The summed E-state index contributed by atoms with van der Waals surface area (Å²) < 4.78 is 5.50. The average molecular weight is 1170 g/mol. The van der Waals surface area contributed by atoms with E-state index in [1.807, 2.05) is 0 Å². The largest absolute Gasteiger partial charge is 0.466 e. The van der Waals surface area contributed by atoms with Crippen molar-refractivity contribution in [2.45, 2.75) is 431 Å². The topological polar surface area (TPSA) is 95.9 Å². The standard InChI is InChI=1S/C77H147NO5/c1-3-5-7-9-11-13-15-17-18-43-47-51-55-59-63-67-71-77(82)83-72-68-64-60-56-52-48-44-41-39-37-35-33-31-29-27-25-23-21-19-20-22-24-26-28-30-32-34-36-38-40-42-46-50-54-58-62-66-70-76(81)78-74(73-79)75(80)69-65-61-57-53-49-45-16-14-12-10-8-6-4-2/h18-19,21,25,27,43,74-75,79-80H,3-17,20,22-24,26,28-42,44-73H2,1-2H3,(H,78,81)/b21-19-,27-25-,43-18-. The minimum Gasteiger partial charge on any atom is -0.466 e. The first-order valence-electron chi connectivity index (χ1n) is 37.7. The summed E-state index contributed by atoms with van der Waals surface area (Å²) in [5, 5.41) is 23.3. The lowest BCUT2D eigenvalue weighted by Gasteiger charge is -2.22. The van der Waals surface area contributed by atoms with Gasteiger partial charge in [0.15, 0.2) is 0 Å². The maximum atomic E-state index is 12.5. The van der Waals surface area contributed by atoms with Crippen LogP contribution in [-0.2, 0) is 14.3 Å². The quantitative estimate of drug-likeness (QED) is 0.0320. The molecule has 0 heterocycles. The van der Waals surface area contributed by atoms with Gasteiger partial charge in [-0.15, -0.1) is 0 Å². The van der Waals surface area contributed by atoms with E-state index in [-0.39, 0.29) is 18.5 Å². The van der Waals surface area contributed by atoms with Gasteiger partial charge in [0.05, 0.1) is 25.4 Å². The Bertz CT molecular complexity index is 1340. The van der Waals surface area contributed by atoms with E-state index in [1.54, 1.807) is 0 Å². The lowest BCUT2D eigenvalue weighted by molar-refractivity contribution is -0.143. The molecule has 83 heavy (non-hydrogen) atoms. The van der Waals surface area contributed by atoms with E-state index >= 15 is 0 Å². The molecular weight excluding hydrogens is 1020 g/mol. The van der Waals surface area contributed by atoms with Crippen LogP contribution in [0, 0.1) is 0 Å². The molecule has 6 heteroatoms.